The molecule has 0 fully saturated rings. The Hall–Kier alpha value is -1.62. The highest BCUT2D eigenvalue weighted by molar-refractivity contribution is 5.91. The predicted octanol–water partition coefficient (Wildman–Crippen LogP) is 2.71. The molecule has 1 aromatic carbocycles. The summed E-state index contributed by atoms with van der Waals surface area (Å²) in [7, 11) is 1.99. The summed E-state index contributed by atoms with van der Waals surface area (Å²) in [5.74, 6) is -0.0690. The Morgan fingerprint density at radius 1 is 1.50 bits per heavy atom. The van der Waals surface area contributed by atoms with Gasteiger partial charge in [0.2, 0.25) is 5.91 Å². The number of nitrogens with two attached hydrogens (primary N) is 1. The van der Waals surface area contributed by atoms with E-state index in [2.05, 4.69) is 24.1 Å². The first kappa shape index (κ1) is 16.4. The number of halogens is 1. The molecule has 5 heteroatoms. The topological polar surface area (TPSA) is 58.4 Å². The van der Waals surface area contributed by atoms with Crippen LogP contribution < -0.4 is 11.1 Å². The van der Waals surface area contributed by atoms with Crippen molar-refractivity contribution in [1.29, 1.82) is 0 Å². The molecular weight excluding hydrogens is 257 g/mol. The van der Waals surface area contributed by atoms with Crippen molar-refractivity contribution in [2.45, 2.75) is 26.7 Å². The average Bonchev–Trinajstić information content (AvgIpc) is 2.40. The Bertz CT molecular complexity index is 451. The van der Waals surface area contributed by atoms with E-state index in [1.807, 2.05) is 7.05 Å². The molecule has 1 amide bonds. The summed E-state index contributed by atoms with van der Waals surface area (Å²) >= 11 is 0. The van der Waals surface area contributed by atoms with Gasteiger partial charge in [0.1, 0.15) is 5.82 Å². The maximum absolute atomic E-state index is 13.5. The lowest BCUT2D eigenvalue weighted by Crippen LogP contribution is -2.28. The number of hydrogen-bond donors (Lipinski definition) is 2. The van der Waals surface area contributed by atoms with Crippen LogP contribution in [0.25, 0.3) is 0 Å². The lowest BCUT2D eigenvalue weighted by Gasteiger charge is -2.20. The lowest BCUT2D eigenvalue weighted by molar-refractivity contribution is -0.116. The van der Waals surface area contributed by atoms with E-state index in [4.69, 9.17) is 5.73 Å². The highest BCUT2D eigenvalue weighted by atomic mass is 19.1. The zero-order valence-electron chi connectivity index (χ0n) is 12.4. The largest absolute Gasteiger partial charge is 0.399 e. The lowest BCUT2D eigenvalue weighted by atomic mass is 10.1. The van der Waals surface area contributed by atoms with Gasteiger partial charge in [0.05, 0.1) is 5.69 Å². The summed E-state index contributed by atoms with van der Waals surface area (Å²) in [6.07, 6.45) is 1.45. The van der Waals surface area contributed by atoms with Gasteiger partial charge in [-0.15, -0.1) is 0 Å². The third-order valence-electron chi connectivity index (χ3n) is 3.31. The van der Waals surface area contributed by atoms with E-state index in [1.54, 1.807) is 0 Å². The first-order chi connectivity index (χ1) is 9.42. The summed E-state index contributed by atoms with van der Waals surface area (Å²) in [6, 6.07) is 4.14. The Labute approximate surface area is 120 Å². The van der Waals surface area contributed by atoms with E-state index in [1.165, 1.54) is 18.2 Å². The molecule has 0 aliphatic carbocycles. The summed E-state index contributed by atoms with van der Waals surface area (Å²) in [4.78, 5) is 13.9. The zero-order valence-corrected chi connectivity index (χ0v) is 12.4. The van der Waals surface area contributed by atoms with Crippen LogP contribution in [0.5, 0.6) is 0 Å². The minimum absolute atomic E-state index is 0.138. The minimum atomic E-state index is -0.472. The van der Waals surface area contributed by atoms with Crippen molar-refractivity contribution in [1.82, 2.24) is 4.90 Å². The first-order valence-electron chi connectivity index (χ1n) is 6.95. The van der Waals surface area contributed by atoms with Crippen molar-refractivity contribution in [2.24, 2.45) is 5.92 Å². The molecule has 0 saturated carbocycles. The molecule has 1 unspecified atom stereocenters. The molecule has 0 aromatic heterocycles. The molecule has 1 rings (SSSR count). The van der Waals surface area contributed by atoms with Gasteiger partial charge < -0.3 is 16.0 Å². The van der Waals surface area contributed by atoms with Crippen LogP contribution in [0.4, 0.5) is 15.8 Å². The van der Waals surface area contributed by atoms with Crippen molar-refractivity contribution in [3.05, 3.63) is 24.0 Å². The van der Waals surface area contributed by atoms with E-state index >= 15 is 0 Å². The average molecular weight is 281 g/mol. The van der Waals surface area contributed by atoms with Gasteiger partial charge in [0.25, 0.3) is 0 Å². The van der Waals surface area contributed by atoms with E-state index in [0.29, 0.717) is 24.6 Å². The summed E-state index contributed by atoms with van der Waals surface area (Å²) in [5.41, 5.74) is 6.13. The molecule has 0 radical (unpaired) electrons. The van der Waals surface area contributed by atoms with Crippen molar-refractivity contribution in [3.63, 3.8) is 0 Å². The Kier molecular flexibility index (Phi) is 6.45. The van der Waals surface area contributed by atoms with Crippen molar-refractivity contribution < 1.29 is 9.18 Å². The van der Waals surface area contributed by atoms with Crippen LogP contribution in [-0.4, -0.2) is 30.9 Å². The number of carbonyl (C=O) groups is 1. The molecular formula is C15H24FN3O. The molecule has 0 aliphatic heterocycles. The number of amides is 1. The number of carbonyl (C=O) groups excluding carboxylic acids is 1. The molecule has 3 N–H and O–H groups in total. The van der Waals surface area contributed by atoms with Crippen LogP contribution >= 0.6 is 0 Å². The quantitative estimate of drug-likeness (QED) is 0.756. The van der Waals surface area contributed by atoms with Gasteiger partial charge in [-0.2, -0.15) is 0 Å². The third kappa shape index (κ3) is 5.57. The fourth-order valence-electron chi connectivity index (χ4n) is 1.90. The molecule has 0 bridgehead atoms. The summed E-state index contributed by atoms with van der Waals surface area (Å²) < 4.78 is 13.5. The molecule has 1 atom stereocenters. The van der Waals surface area contributed by atoms with Crippen LogP contribution in [0.15, 0.2) is 18.2 Å². The van der Waals surface area contributed by atoms with E-state index in [0.717, 1.165) is 13.0 Å². The van der Waals surface area contributed by atoms with Crippen LogP contribution in [-0.2, 0) is 4.79 Å². The van der Waals surface area contributed by atoms with Crippen LogP contribution in [0.1, 0.15) is 26.7 Å². The second kappa shape index (κ2) is 7.85. The number of nitrogens with zero attached hydrogens (tertiary/aromatic N) is 1. The molecule has 0 heterocycles. The monoisotopic (exact) mass is 281 g/mol. The molecule has 1 aromatic rings. The SMILES string of the molecule is CCC(C)CN(C)CCC(=O)Nc1cc(N)ccc1F. The molecule has 112 valence electrons. The summed E-state index contributed by atoms with van der Waals surface area (Å²) in [6.45, 7) is 5.93. The van der Waals surface area contributed by atoms with Crippen LogP contribution in [0.2, 0.25) is 0 Å². The number of rotatable bonds is 7. The number of hydrogen-bond acceptors (Lipinski definition) is 3. The standard InChI is InChI=1S/C15H24FN3O/c1-4-11(2)10-19(3)8-7-15(20)18-14-9-12(17)5-6-13(14)16/h5-6,9,11H,4,7-8,10,17H2,1-3H3,(H,18,20). The van der Waals surface area contributed by atoms with Gasteiger partial charge in [0, 0.05) is 25.2 Å². The molecule has 0 aliphatic rings. The Morgan fingerprint density at radius 3 is 2.85 bits per heavy atom. The number of benzene rings is 1. The predicted molar refractivity (Wildman–Crippen MR) is 81.0 cm³/mol. The van der Waals surface area contributed by atoms with E-state index < -0.39 is 5.82 Å². The Balaban J connectivity index is 2.42. The number of nitrogens with one attached hydrogen (secondary N) is 1. The van der Waals surface area contributed by atoms with Gasteiger partial charge >= 0.3 is 0 Å². The Morgan fingerprint density at radius 2 is 2.20 bits per heavy atom. The second-order valence-electron chi connectivity index (χ2n) is 5.31. The van der Waals surface area contributed by atoms with Crippen molar-refractivity contribution >= 4 is 17.3 Å². The van der Waals surface area contributed by atoms with Gasteiger partial charge in [-0.1, -0.05) is 20.3 Å². The maximum Gasteiger partial charge on any atom is 0.225 e. The highest BCUT2D eigenvalue weighted by Crippen LogP contribution is 2.17. The fourth-order valence-corrected chi connectivity index (χ4v) is 1.90. The fraction of sp³-hybridized carbons (Fsp3) is 0.533. The normalized spacial score (nSPS) is 12.4. The smallest absolute Gasteiger partial charge is 0.225 e. The molecule has 20 heavy (non-hydrogen) atoms. The van der Waals surface area contributed by atoms with Gasteiger partial charge in [-0.25, -0.2) is 4.39 Å². The van der Waals surface area contributed by atoms with Crippen LogP contribution in [0, 0.1) is 11.7 Å². The van der Waals surface area contributed by atoms with E-state index in [-0.39, 0.29) is 11.6 Å². The number of nitrogen functional groups attached to an aromatic ring is 1. The zero-order chi connectivity index (χ0) is 15.1. The van der Waals surface area contributed by atoms with Crippen molar-refractivity contribution in [2.75, 3.05) is 31.2 Å². The number of anilines is 2. The second-order valence-corrected chi connectivity index (χ2v) is 5.31. The highest BCUT2D eigenvalue weighted by Gasteiger charge is 2.10. The van der Waals surface area contributed by atoms with Gasteiger partial charge in [-0.3, -0.25) is 4.79 Å². The van der Waals surface area contributed by atoms with Gasteiger partial charge in [0.15, 0.2) is 0 Å². The first-order valence-corrected chi connectivity index (χ1v) is 6.95. The third-order valence-corrected chi connectivity index (χ3v) is 3.31. The molecule has 4 nitrogen and oxygen atoms in total. The van der Waals surface area contributed by atoms with Gasteiger partial charge in [-0.05, 0) is 31.2 Å². The molecule has 0 spiro atoms. The van der Waals surface area contributed by atoms with Crippen LogP contribution in [0.3, 0.4) is 0 Å². The van der Waals surface area contributed by atoms with Crippen molar-refractivity contribution in [3.8, 4) is 0 Å². The van der Waals surface area contributed by atoms with E-state index in [9.17, 15) is 9.18 Å². The minimum Gasteiger partial charge on any atom is -0.399 e. The summed E-state index contributed by atoms with van der Waals surface area (Å²) in [5, 5.41) is 2.55. The maximum atomic E-state index is 13.5. The molecule has 0 saturated heterocycles.